The Morgan fingerprint density at radius 3 is 3.17 bits per heavy atom. The van der Waals surface area contributed by atoms with E-state index in [0.29, 0.717) is 5.88 Å². The van der Waals surface area contributed by atoms with Gasteiger partial charge in [-0.05, 0) is 28.7 Å². The largest absolute Gasteiger partial charge is 0.479 e. The van der Waals surface area contributed by atoms with Gasteiger partial charge in [0.15, 0.2) is 0 Å². The lowest BCUT2D eigenvalue weighted by Gasteiger charge is -2.00. The fourth-order valence-electron chi connectivity index (χ4n) is 1.15. The maximum atomic E-state index is 5.10. The van der Waals surface area contributed by atoms with Crippen LogP contribution >= 0.6 is 22.6 Å². The molecular formula is C8H7IN2O. The summed E-state index contributed by atoms with van der Waals surface area (Å²) < 4.78 is 6.22. The number of rotatable bonds is 1. The molecule has 3 nitrogen and oxygen atoms in total. The molecule has 0 aliphatic heterocycles. The number of fused-ring (bicyclic) bond motifs is 1. The summed E-state index contributed by atoms with van der Waals surface area (Å²) in [6, 6.07) is 2.02. The van der Waals surface area contributed by atoms with Crippen LogP contribution < -0.4 is 4.74 Å². The van der Waals surface area contributed by atoms with Crippen molar-refractivity contribution in [2.24, 2.45) is 0 Å². The maximum absolute atomic E-state index is 5.10. The van der Waals surface area contributed by atoms with Gasteiger partial charge in [-0.25, -0.2) is 4.98 Å². The van der Waals surface area contributed by atoms with Crippen LogP contribution in [0.4, 0.5) is 0 Å². The van der Waals surface area contributed by atoms with Gasteiger partial charge < -0.3 is 9.72 Å². The number of aromatic amines is 1. The molecule has 1 N–H and O–H groups in total. The zero-order valence-corrected chi connectivity index (χ0v) is 8.62. The third-order valence-corrected chi connectivity index (χ3v) is 2.57. The summed E-state index contributed by atoms with van der Waals surface area (Å²) in [7, 11) is 1.62. The molecule has 0 amide bonds. The molecule has 0 radical (unpaired) electrons. The monoisotopic (exact) mass is 274 g/mol. The van der Waals surface area contributed by atoms with E-state index >= 15 is 0 Å². The van der Waals surface area contributed by atoms with Crippen LogP contribution in [0.2, 0.25) is 0 Å². The van der Waals surface area contributed by atoms with Crippen LogP contribution in [0.1, 0.15) is 0 Å². The molecule has 2 rings (SSSR count). The van der Waals surface area contributed by atoms with Gasteiger partial charge in [-0.1, -0.05) is 0 Å². The Hall–Kier alpha value is -0.780. The molecule has 0 aliphatic rings. The standard InChI is InChI=1S/C8H7IN2O/c1-12-8-7-5(2-3-10-7)6(9)4-11-8/h2-4,10H,1H3. The van der Waals surface area contributed by atoms with Gasteiger partial charge in [-0.2, -0.15) is 0 Å². The molecule has 0 aromatic carbocycles. The lowest BCUT2D eigenvalue weighted by atomic mass is 10.3. The Labute approximate surface area is 83.3 Å². The van der Waals surface area contributed by atoms with Gasteiger partial charge in [0.1, 0.15) is 5.52 Å². The van der Waals surface area contributed by atoms with Gasteiger partial charge in [-0.3, -0.25) is 0 Å². The topological polar surface area (TPSA) is 37.9 Å². The molecule has 0 atom stereocenters. The Balaban J connectivity index is 2.82. The number of aromatic nitrogens is 2. The zero-order chi connectivity index (χ0) is 8.55. The van der Waals surface area contributed by atoms with E-state index in [1.54, 1.807) is 13.3 Å². The third-order valence-electron chi connectivity index (χ3n) is 1.71. The van der Waals surface area contributed by atoms with Gasteiger partial charge in [0.25, 0.3) is 0 Å². The maximum Gasteiger partial charge on any atom is 0.238 e. The molecule has 0 unspecified atom stereocenters. The number of H-pyrrole nitrogens is 1. The molecule has 2 aromatic rings. The molecule has 0 bridgehead atoms. The highest BCUT2D eigenvalue weighted by molar-refractivity contribution is 14.1. The molecular weight excluding hydrogens is 267 g/mol. The lowest BCUT2D eigenvalue weighted by molar-refractivity contribution is 0.402. The minimum atomic E-state index is 0.649. The molecule has 0 saturated heterocycles. The first-order chi connectivity index (χ1) is 5.83. The van der Waals surface area contributed by atoms with Crippen molar-refractivity contribution in [1.29, 1.82) is 0 Å². The molecule has 4 heteroatoms. The number of halogens is 1. The molecule has 2 aromatic heterocycles. The number of ether oxygens (including phenoxy) is 1. The molecule has 0 fully saturated rings. The minimum Gasteiger partial charge on any atom is -0.479 e. The van der Waals surface area contributed by atoms with E-state index in [1.165, 1.54) is 0 Å². The van der Waals surface area contributed by atoms with E-state index in [0.717, 1.165) is 14.5 Å². The van der Waals surface area contributed by atoms with Gasteiger partial charge >= 0.3 is 0 Å². The highest BCUT2D eigenvalue weighted by Crippen LogP contribution is 2.25. The van der Waals surface area contributed by atoms with Crippen molar-refractivity contribution < 1.29 is 4.74 Å². The van der Waals surface area contributed by atoms with E-state index in [4.69, 9.17) is 4.74 Å². The highest BCUT2D eigenvalue weighted by Gasteiger charge is 2.05. The van der Waals surface area contributed by atoms with Gasteiger partial charge in [0.05, 0.1) is 7.11 Å². The number of pyridine rings is 1. The van der Waals surface area contributed by atoms with Crippen molar-refractivity contribution in [2.75, 3.05) is 7.11 Å². The van der Waals surface area contributed by atoms with Crippen LogP contribution in [0.5, 0.6) is 5.88 Å². The van der Waals surface area contributed by atoms with Crippen molar-refractivity contribution in [3.8, 4) is 5.88 Å². The lowest BCUT2D eigenvalue weighted by Crippen LogP contribution is -1.89. The first-order valence-electron chi connectivity index (χ1n) is 3.48. The molecule has 12 heavy (non-hydrogen) atoms. The van der Waals surface area contributed by atoms with Crippen LogP contribution in [0.3, 0.4) is 0 Å². The molecule has 0 aliphatic carbocycles. The Morgan fingerprint density at radius 1 is 1.58 bits per heavy atom. The van der Waals surface area contributed by atoms with Crippen LogP contribution in [0.25, 0.3) is 10.9 Å². The fourth-order valence-corrected chi connectivity index (χ4v) is 1.74. The number of methoxy groups -OCH3 is 1. The molecule has 2 heterocycles. The second-order valence-electron chi connectivity index (χ2n) is 2.38. The Bertz CT molecular complexity index is 410. The van der Waals surface area contributed by atoms with E-state index in [9.17, 15) is 0 Å². The van der Waals surface area contributed by atoms with Crippen LogP contribution in [0.15, 0.2) is 18.5 Å². The number of hydrogen-bond acceptors (Lipinski definition) is 2. The summed E-state index contributed by atoms with van der Waals surface area (Å²) in [5.41, 5.74) is 0.962. The summed E-state index contributed by atoms with van der Waals surface area (Å²) in [4.78, 5) is 7.22. The van der Waals surface area contributed by atoms with E-state index < -0.39 is 0 Å². The zero-order valence-electron chi connectivity index (χ0n) is 6.47. The third kappa shape index (κ3) is 1.06. The Morgan fingerprint density at radius 2 is 2.42 bits per heavy atom. The summed E-state index contributed by atoms with van der Waals surface area (Å²) >= 11 is 2.25. The average molecular weight is 274 g/mol. The number of nitrogens with zero attached hydrogens (tertiary/aromatic N) is 1. The summed E-state index contributed by atoms with van der Waals surface area (Å²) in [6.45, 7) is 0. The number of nitrogens with one attached hydrogen (secondary N) is 1. The molecule has 0 saturated carbocycles. The first kappa shape index (κ1) is 7.85. The van der Waals surface area contributed by atoms with E-state index in [-0.39, 0.29) is 0 Å². The predicted molar refractivity (Wildman–Crippen MR) is 55.4 cm³/mol. The average Bonchev–Trinajstić information content (AvgIpc) is 2.54. The first-order valence-corrected chi connectivity index (χ1v) is 4.56. The van der Waals surface area contributed by atoms with Gasteiger partial charge in [0, 0.05) is 21.4 Å². The van der Waals surface area contributed by atoms with E-state index in [2.05, 4.69) is 32.6 Å². The quantitative estimate of drug-likeness (QED) is 0.809. The summed E-state index contributed by atoms with van der Waals surface area (Å²) in [5, 5.41) is 1.16. The van der Waals surface area contributed by atoms with Crippen molar-refractivity contribution in [3.63, 3.8) is 0 Å². The predicted octanol–water partition coefficient (Wildman–Crippen LogP) is 2.18. The molecule has 62 valence electrons. The summed E-state index contributed by atoms with van der Waals surface area (Å²) in [6.07, 6.45) is 3.69. The SMILES string of the molecule is COc1ncc(I)c2cc[nH]c12. The second-order valence-corrected chi connectivity index (χ2v) is 3.54. The van der Waals surface area contributed by atoms with Gasteiger partial charge in [0.2, 0.25) is 5.88 Å². The van der Waals surface area contributed by atoms with Crippen molar-refractivity contribution in [1.82, 2.24) is 9.97 Å². The molecule has 0 spiro atoms. The highest BCUT2D eigenvalue weighted by atomic mass is 127. The minimum absolute atomic E-state index is 0.649. The fraction of sp³-hybridized carbons (Fsp3) is 0.125. The van der Waals surface area contributed by atoms with Crippen molar-refractivity contribution in [3.05, 3.63) is 22.0 Å². The summed E-state index contributed by atoms with van der Waals surface area (Å²) in [5.74, 6) is 0.649. The van der Waals surface area contributed by atoms with Crippen molar-refractivity contribution >= 4 is 33.5 Å². The smallest absolute Gasteiger partial charge is 0.238 e. The Kier molecular flexibility index (Phi) is 1.92. The second kappa shape index (κ2) is 2.93. The number of hydrogen-bond donors (Lipinski definition) is 1. The van der Waals surface area contributed by atoms with Crippen LogP contribution in [-0.4, -0.2) is 17.1 Å². The van der Waals surface area contributed by atoms with Crippen LogP contribution in [-0.2, 0) is 0 Å². The van der Waals surface area contributed by atoms with E-state index in [1.807, 2.05) is 12.3 Å². The van der Waals surface area contributed by atoms with Crippen molar-refractivity contribution in [2.45, 2.75) is 0 Å². The van der Waals surface area contributed by atoms with Gasteiger partial charge in [-0.15, -0.1) is 0 Å². The normalized spacial score (nSPS) is 10.5. The van der Waals surface area contributed by atoms with Crippen LogP contribution in [0, 0.1) is 3.57 Å².